The third kappa shape index (κ3) is 4.56. The van der Waals surface area contributed by atoms with Crippen molar-refractivity contribution in [1.82, 2.24) is 5.32 Å². The lowest BCUT2D eigenvalue weighted by Gasteiger charge is -2.23. The minimum Gasteiger partial charge on any atom is -0.323 e. The van der Waals surface area contributed by atoms with Gasteiger partial charge in [0.05, 0.1) is 12.9 Å². The van der Waals surface area contributed by atoms with E-state index in [0.29, 0.717) is 12.6 Å². The van der Waals surface area contributed by atoms with Gasteiger partial charge in [-0.2, -0.15) is 0 Å². The molecule has 0 radical (unpaired) electrons. The zero-order valence-corrected chi connectivity index (χ0v) is 9.63. The fourth-order valence-corrected chi connectivity index (χ4v) is 2.78. The van der Waals surface area contributed by atoms with Crippen molar-refractivity contribution >= 4 is 7.60 Å². The lowest BCUT2D eigenvalue weighted by atomic mass is 9.96. The minimum atomic E-state index is -3.37. The summed E-state index contributed by atoms with van der Waals surface area (Å²) < 4.78 is 16.1. The summed E-state index contributed by atoms with van der Waals surface area (Å²) in [5.74, 6) is 0. The number of rotatable bonds is 5. The van der Waals surface area contributed by atoms with Gasteiger partial charge in [-0.05, 0) is 19.8 Å². The zero-order chi connectivity index (χ0) is 10.4. The second kappa shape index (κ2) is 5.86. The van der Waals surface area contributed by atoms with Crippen molar-refractivity contribution in [3.05, 3.63) is 0 Å². The molecule has 14 heavy (non-hydrogen) atoms. The monoisotopic (exact) mass is 221 g/mol. The van der Waals surface area contributed by atoms with E-state index in [1.807, 2.05) is 0 Å². The van der Waals surface area contributed by atoms with Gasteiger partial charge in [0.2, 0.25) is 0 Å². The molecular formula is C9H20NO3P. The van der Waals surface area contributed by atoms with Gasteiger partial charge in [0.1, 0.15) is 0 Å². The second-order valence-electron chi connectivity index (χ2n) is 3.75. The first kappa shape index (κ1) is 12.2. The van der Waals surface area contributed by atoms with Crippen LogP contribution in [0.15, 0.2) is 0 Å². The van der Waals surface area contributed by atoms with Gasteiger partial charge in [0.15, 0.2) is 0 Å². The average Bonchev–Trinajstić information content (AvgIpc) is 2.17. The number of hydrogen-bond acceptors (Lipinski definition) is 3. The Bertz CT molecular complexity index is 204. The Morgan fingerprint density at radius 2 is 2.07 bits per heavy atom. The molecule has 1 aliphatic carbocycles. The molecule has 1 saturated carbocycles. The molecule has 1 atom stereocenters. The molecule has 0 amide bonds. The maximum absolute atomic E-state index is 11.3. The Kier molecular flexibility index (Phi) is 5.10. The molecule has 0 aromatic heterocycles. The minimum absolute atomic E-state index is 0.0888. The van der Waals surface area contributed by atoms with E-state index in [0.717, 1.165) is 12.8 Å². The first-order chi connectivity index (χ1) is 6.64. The summed E-state index contributed by atoms with van der Waals surface area (Å²) >= 11 is 0. The van der Waals surface area contributed by atoms with Crippen molar-refractivity contribution in [3.8, 4) is 0 Å². The largest absolute Gasteiger partial charge is 0.341 e. The Morgan fingerprint density at radius 3 is 2.64 bits per heavy atom. The smallest absolute Gasteiger partial charge is 0.323 e. The number of hydrogen-bond donors (Lipinski definition) is 2. The summed E-state index contributed by atoms with van der Waals surface area (Å²) in [7, 11) is -3.37. The summed E-state index contributed by atoms with van der Waals surface area (Å²) in [4.78, 5) is 9.32. The van der Waals surface area contributed by atoms with Crippen LogP contribution < -0.4 is 5.32 Å². The normalized spacial score (nSPS) is 23.3. The van der Waals surface area contributed by atoms with Crippen LogP contribution in [-0.4, -0.2) is 23.8 Å². The highest BCUT2D eigenvalue weighted by atomic mass is 31.2. The molecule has 1 unspecified atom stereocenters. The SMILES string of the molecule is CCOP(=O)(O)CNC1CCCCC1. The maximum Gasteiger partial charge on any atom is 0.341 e. The molecule has 0 spiro atoms. The topological polar surface area (TPSA) is 58.6 Å². The van der Waals surface area contributed by atoms with Crippen molar-refractivity contribution in [3.63, 3.8) is 0 Å². The van der Waals surface area contributed by atoms with Crippen molar-refractivity contribution < 1.29 is 14.0 Å². The van der Waals surface area contributed by atoms with E-state index in [9.17, 15) is 9.46 Å². The molecule has 0 heterocycles. The van der Waals surface area contributed by atoms with Crippen LogP contribution in [0.5, 0.6) is 0 Å². The molecule has 1 rings (SSSR count). The molecule has 1 aliphatic rings. The Morgan fingerprint density at radius 1 is 1.43 bits per heavy atom. The van der Waals surface area contributed by atoms with Crippen molar-refractivity contribution in [1.29, 1.82) is 0 Å². The van der Waals surface area contributed by atoms with E-state index in [1.165, 1.54) is 19.3 Å². The highest BCUT2D eigenvalue weighted by molar-refractivity contribution is 7.52. The predicted octanol–water partition coefficient (Wildman–Crippen LogP) is 2.09. The van der Waals surface area contributed by atoms with E-state index in [4.69, 9.17) is 4.52 Å². The van der Waals surface area contributed by atoms with Crippen LogP contribution in [0.25, 0.3) is 0 Å². The molecule has 2 N–H and O–H groups in total. The molecule has 0 aromatic rings. The van der Waals surface area contributed by atoms with Gasteiger partial charge >= 0.3 is 7.60 Å². The van der Waals surface area contributed by atoms with Crippen LogP contribution >= 0.6 is 7.60 Å². The third-order valence-electron chi connectivity index (χ3n) is 2.52. The van der Waals surface area contributed by atoms with Gasteiger partial charge in [-0.15, -0.1) is 0 Å². The van der Waals surface area contributed by atoms with Crippen LogP contribution in [0.3, 0.4) is 0 Å². The Balaban J connectivity index is 2.21. The molecule has 1 fully saturated rings. The molecular weight excluding hydrogens is 201 g/mol. The molecule has 84 valence electrons. The van der Waals surface area contributed by atoms with Crippen LogP contribution in [0.1, 0.15) is 39.0 Å². The van der Waals surface area contributed by atoms with Gasteiger partial charge in [0.25, 0.3) is 0 Å². The molecule has 0 aliphatic heterocycles. The van der Waals surface area contributed by atoms with Crippen LogP contribution in [-0.2, 0) is 9.09 Å². The molecule has 0 aromatic carbocycles. The number of nitrogens with one attached hydrogen (secondary N) is 1. The van der Waals surface area contributed by atoms with Gasteiger partial charge in [0, 0.05) is 6.04 Å². The third-order valence-corrected chi connectivity index (χ3v) is 3.76. The van der Waals surface area contributed by atoms with E-state index in [-0.39, 0.29) is 6.29 Å². The average molecular weight is 221 g/mol. The van der Waals surface area contributed by atoms with Crippen molar-refractivity contribution in [2.75, 3.05) is 12.9 Å². The van der Waals surface area contributed by atoms with E-state index < -0.39 is 7.60 Å². The van der Waals surface area contributed by atoms with Crippen LogP contribution in [0.2, 0.25) is 0 Å². The standard InChI is InChI=1S/C9H20NO3P/c1-2-13-14(11,12)8-10-9-6-4-3-5-7-9/h9-10H,2-8H2,1H3,(H,11,12). The van der Waals surface area contributed by atoms with Gasteiger partial charge in [-0.25, -0.2) is 0 Å². The van der Waals surface area contributed by atoms with Crippen molar-refractivity contribution in [2.24, 2.45) is 0 Å². The first-order valence-electron chi connectivity index (χ1n) is 5.34. The first-order valence-corrected chi connectivity index (χ1v) is 7.10. The van der Waals surface area contributed by atoms with E-state index in [1.54, 1.807) is 6.92 Å². The fourth-order valence-electron chi connectivity index (χ4n) is 1.80. The molecule has 5 heteroatoms. The Hall–Kier alpha value is 0.110. The van der Waals surface area contributed by atoms with E-state index >= 15 is 0 Å². The predicted molar refractivity (Wildman–Crippen MR) is 56.3 cm³/mol. The lowest BCUT2D eigenvalue weighted by molar-refractivity contribution is 0.266. The lowest BCUT2D eigenvalue weighted by Crippen LogP contribution is -2.31. The summed E-state index contributed by atoms with van der Waals surface area (Å²) in [5.41, 5.74) is 0. The van der Waals surface area contributed by atoms with Crippen LogP contribution in [0.4, 0.5) is 0 Å². The molecule has 4 nitrogen and oxygen atoms in total. The van der Waals surface area contributed by atoms with Gasteiger partial charge < -0.3 is 14.7 Å². The summed E-state index contributed by atoms with van der Waals surface area (Å²) in [6.45, 7) is 2.02. The Labute approximate surface area is 85.6 Å². The van der Waals surface area contributed by atoms with Gasteiger partial charge in [-0.1, -0.05) is 19.3 Å². The second-order valence-corrected chi connectivity index (χ2v) is 5.60. The summed E-state index contributed by atoms with van der Waals surface area (Å²) in [6.07, 6.45) is 6.06. The maximum atomic E-state index is 11.3. The molecule has 0 bridgehead atoms. The summed E-state index contributed by atoms with van der Waals surface area (Å²) in [5, 5.41) is 3.11. The molecule has 0 saturated heterocycles. The van der Waals surface area contributed by atoms with Crippen molar-refractivity contribution in [2.45, 2.75) is 45.1 Å². The highest BCUT2D eigenvalue weighted by Crippen LogP contribution is 2.40. The fraction of sp³-hybridized carbons (Fsp3) is 1.00. The van der Waals surface area contributed by atoms with Gasteiger partial charge in [-0.3, -0.25) is 4.57 Å². The summed E-state index contributed by atoms with van der Waals surface area (Å²) in [6, 6.07) is 0.407. The zero-order valence-electron chi connectivity index (χ0n) is 8.74. The van der Waals surface area contributed by atoms with Crippen LogP contribution in [0, 0.1) is 0 Å². The van der Waals surface area contributed by atoms with E-state index in [2.05, 4.69) is 5.32 Å². The quantitative estimate of drug-likeness (QED) is 0.698. The highest BCUT2D eigenvalue weighted by Gasteiger charge is 2.21.